The lowest BCUT2D eigenvalue weighted by Gasteiger charge is -2.30. The number of ether oxygens (including phenoxy) is 1. The van der Waals surface area contributed by atoms with Crippen LogP contribution in [0.3, 0.4) is 0 Å². The summed E-state index contributed by atoms with van der Waals surface area (Å²) in [5, 5.41) is 14.3. The third-order valence-corrected chi connectivity index (χ3v) is 5.51. The number of anilines is 2. The van der Waals surface area contributed by atoms with Gasteiger partial charge in [0.25, 0.3) is 5.69 Å². The molecule has 0 unspecified atom stereocenters. The van der Waals surface area contributed by atoms with Gasteiger partial charge in [0.05, 0.1) is 18.1 Å². The lowest BCUT2D eigenvalue weighted by atomic mass is 10.1. The highest BCUT2D eigenvalue weighted by molar-refractivity contribution is 7.90. The second-order valence-electron chi connectivity index (χ2n) is 6.29. The maximum Gasteiger partial charge on any atom is 0.288 e. The average molecular weight is 391 g/mol. The first kappa shape index (κ1) is 19.1. The summed E-state index contributed by atoms with van der Waals surface area (Å²) in [6.07, 6.45) is 0.965. The van der Waals surface area contributed by atoms with E-state index in [2.05, 4.69) is 10.2 Å². The minimum Gasteiger partial charge on any atom is -0.381 e. The van der Waals surface area contributed by atoms with E-state index in [1.807, 2.05) is 24.3 Å². The molecule has 2 aromatic rings. The Labute approximate surface area is 157 Å². The Morgan fingerprint density at radius 1 is 1.19 bits per heavy atom. The van der Waals surface area contributed by atoms with Gasteiger partial charge in [-0.3, -0.25) is 10.1 Å². The second-order valence-corrected chi connectivity index (χ2v) is 8.28. The van der Waals surface area contributed by atoms with E-state index in [0.717, 1.165) is 30.6 Å². The molecule has 0 spiro atoms. The van der Waals surface area contributed by atoms with Crippen LogP contribution in [0.2, 0.25) is 0 Å². The van der Waals surface area contributed by atoms with Gasteiger partial charge in [-0.1, -0.05) is 18.2 Å². The van der Waals surface area contributed by atoms with Gasteiger partial charge in [-0.05, 0) is 23.8 Å². The summed E-state index contributed by atoms with van der Waals surface area (Å²) in [4.78, 5) is 12.4. The van der Waals surface area contributed by atoms with Gasteiger partial charge in [0.15, 0.2) is 9.84 Å². The molecule has 0 saturated carbocycles. The molecule has 1 saturated heterocycles. The standard InChI is InChI=1S/C18H21N3O5S/c1-27(24,25)18-12-15(6-7-17(18)21(22)23)19-13-14-4-2-3-5-16(14)20-8-10-26-11-9-20/h2-7,12,19H,8-11,13H2,1H3. The van der Waals surface area contributed by atoms with Crippen LogP contribution in [0.1, 0.15) is 5.56 Å². The van der Waals surface area contributed by atoms with E-state index in [-0.39, 0.29) is 4.90 Å². The van der Waals surface area contributed by atoms with Gasteiger partial charge in [0.2, 0.25) is 0 Å². The Kier molecular flexibility index (Phi) is 5.62. The molecule has 144 valence electrons. The molecule has 27 heavy (non-hydrogen) atoms. The number of sulfone groups is 1. The second kappa shape index (κ2) is 7.93. The maximum atomic E-state index is 11.9. The van der Waals surface area contributed by atoms with E-state index < -0.39 is 20.4 Å². The van der Waals surface area contributed by atoms with Crippen molar-refractivity contribution in [3.05, 3.63) is 58.1 Å². The molecule has 0 bridgehead atoms. The van der Waals surface area contributed by atoms with Crippen LogP contribution in [0.5, 0.6) is 0 Å². The number of para-hydroxylation sites is 1. The molecule has 8 nitrogen and oxygen atoms in total. The van der Waals surface area contributed by atoms with Gasteiger partial charge < -0.3 is 15.0 Å². The van der Waals surface area contributed by atoms with Crippen LogP contribution in [0.4, 0.5) is 17.1 Å². The van der Waals surface area contributed by atoms with Crippen molar-refractivity contribution in [3.63, 3.8) is 0 Å². The molecule has 2 aromatic carbocycles. The number of nitro benzene ring substituents is 1. The zero-order chi connectivity index (χ0) is 19.4. The molecule has 0 aromatic heterocycles. The highest BCUT2D eigenvalue weighted by Gasteiger charge is 2.22. The van der Waals surface area contributed by atoms with E-state index in [9.17, 15) is 18.5 Å². The molecule has 0 radical (unpaired) electrons. The molecule has 1 aliphatic rings. The lowest BCUT2D eigenvalue weighted by Crippen LogP contribution is -2.36. The van der Waals surface area contributed by atoms with Gasteiger partial charge in [0, 0.05) is 43.3 Å². The van der Waals surface area contributed by atoms with Crippen LogP contribution in [0.25, 0.3) is 0 Å². The summed E-state index contributed by atoms with van der Waals surface area (Å²) in [6.45, 7) is 3.46. The van der Waals surface area contributed by atoms with Crippen molar-refractivity contribution in [1.82, 2.24) is 0 Å². The fraction of sp³-hybridized carbons (Fsp3) is 0.333. The van der Waals surface area contributed by atoms with Crippen LogP contribution in [-0.4, -0.2) is 45.9 Å². The van der Waals surface area contributed by atoms with Gasteiger partial charge in [-0.15, -0.1) is 0 Å². The Hall–Kier alpha value is -2.65. The van der Waals surface area contributed by atoms with Gasteiger partial charge in [-0.25, -0.2) is 8.42 Å². The van der Waals surface area contributed by atoms with Gasteiger partial charge in [-0.2, -0.15) is 0 Å². The number of hydrogen-bond acceptors (Lipinski definition) is 7. The van der Waals surface area contributed by atoms with Gasteiger partial charge >= 0.3 is 0 Å². The average Bonchev–Trinajstić information content (AvgIpc) is 2.66. The smallest absolute Gasteiger partial charge is 0.288 e. The molecular weight excluding hydrogens is 370 g/mol. The summed E-state index contributed by atoms with van der Waals surface area (Å²) in [6, 6.07) is 12.0. The van der Waals surface area contributed by atoms with E-state index in [4.69, 9.17) is 4.74 Å². The third kappa shape index (κ3) is 4.55. The predicted molar refractivity (Wildman–Crippen MR) is 103 cm³/mol. The van der Waals surface area contributed by atoms with Gasteiger partial charge in [0.1, 0.15) is 4.90 Å². The Morgan fingerprint density at radius 3 is 2.56 bits per heavy atom. The summed E-state index contributed by atoms with van der Waals surface area (Å²) < 4.78 is 29.2. The van der Waals surface area contributed by atoms with Crippen molar-refractivity contribution < 1.29 is 18.1 Å². The molecule has 1 heterocycles. The molecule has 3 rings (SSSR count). The SMILES string of the molecule is CS(=O)(=O)c1cc(NCc2ccccc2N2CCOCC2)ccc1[N+](=O)[O-]. The lowest BCUT2D eigenvalue weighted by molar-refractivity contribution is -0.387. The van der Waals surface area contributed by atoms with E-state index in [0.29, 0.717) is 25.4 Å². The number of nitrogens with one attached hydrogen (secondary N) is 1. The fourth-order valence-corrected chi connectivity index (χ4v) is 3.91. The quantitative estimate of drug-likeness (QED) is 0.596. The number of nitro groups is 1. The zero-order valence-corrected chi connectivity index (χ0v) is 15.7. The van der Waals surface area contributed by atoms with Crippen LogP contribution < -0.4 is 10.2 Å². The largest absolute Gasteiger partial charge is 0.381 e. The zero-order valence-electron chi connectivity index (χ0n) is 14.9. The number of morpholine rings is 1. The number of benzene rings is 2. The molecule has 0 amide bonds. The molecular formula is C18H21N3O5S. The number of nitrogens with zero attached hydrogens (tertiary/aromatic N) is 2. The minimum atomic E-state index is -3.71. The maximum absolute atomic E-state index is 11.9. The summed E-state index contributed by atoms with van der Waals surface area (Å²) in [5.41, 5.74) is 2.24. The number of hydrogen-bond donors (Lipinski definition) is 1. The van der Waals surface area contributed by atoms with Crippen molar-refractivity contribution >= 4 is 26.9 Å². The van der Waals surface area contributed by atoms with E-state index in [1.165, 1.54) is 18.2 Å². The molecule has 9 heteroatoms. The first-order valence-corrected chi connectivity index (χ1v) is 10.4. The summed E-state index contributed by atoms with van der Waals surface area (Å²) in [7, 11) is -3.71. The molecule has 0 atom stereocenters. The highest BCUT2D eigenvalue weighted by atomic mass is 32.2. The van der Waals surface area contributed by atoms with Crippen molar-refractivity contribution in [2.45, 2.75) is 11.4 Å². The molecule has 1 N–H and O–H groups in total. The topological polar surface area (TPSA) is 102 Å². The van der Waals surface area contributed by atoms with Crippen molar-refractivity contribution in [3.8, 4) is 0 Å². The summed E-state index contributed by atoms with van der Waals surface area (Å²) >= 11 is 0. The monoisotopic (exact) mass is 391 g/mol. The highest BCUT2D eigenvalue weighted by Crippen LogP contribution is 2.28. The molecule has 0 aliphatic carbocycles. The van der Waals surface area contributed by atoms with Crippen molar-refractivity contribution in [1.29, 1.82) is 0 Å². The Morgan fingerprint density at radius 2 is 1.89 bits per heavy atom. The fourth-order valence-electron chi connectivity index (χ4n) is 3.04. The minimum absolute atomic E-state index is 0.293. The predicted octanol–water partition coefficient (Wildman–Crippen LogP) is 2.45. The number of rotatable bonds is 6. The van der Waals surface area contributed by atoms with Crippen LogP contribution in [0, 0.1) is 10.1 Å². The Bertz CT molecular complexity index is 940. The molecule has 1 fully saturated rings. The van der Waals surface area contributed by atoms with E-state index in [1.54, 1.807) is 0 Å². The van der Waals surface area contributed by atoms with Crippen LogP contribution >= 0.6 is 0 Å². The third-order valence-electron chi connectivity index (χ3n) is 4.38. The van der Waals surface area contributed by atoms with Crippen LogP contribution in [0.15, 0.2) is 47.4 Å². The van der Waals surface area contributed by atoms with Crippen LogP contribution in [-0.2, 0) is 21.1 Å². The first-order valence-electron chi connectivity index (χ1n) is 8.49. The first-order chi connectivity index (χ1) is 12.9. The Balaban J connectivity index is 1.82. The van der Waals surface area contributed by atoms with Crippen molar-refractivity contribution in [2.75, 3.05) is 42.8 Å². The normalized spacial score (nSPS) is 14.8. The molecule has 1 aliphatic heterocycles. The summed E-state index contributed by atoms with van der Waals surface area (Å²) in [5.74, 6) is 0. The van der Waals surface area contributed by atoms with E-state index >= 15 is 0 Å². The van der Waals surface area contributed by atoms with Crippen molar-refractivity contribution in [2.24, 2.45) is 0 Å².